The number of aromatic hydroxyl groups is 2. The maximum Gasteiger partial charge on any atom is 0.235 e. The Morgan fingerprint density at radius 1 is 1.13 bits per heavy atom. The topological polar surface area (TPSA) is 114 Å². The zero-order chi connectivity index (χ0) is 21.7. The average molecular weight is 415 g/mol. The summed E-state index contributed by atoms with van der Waals surface area (Å²) in [6, 6.07) is 8.70. The molecule has 3 aromatic rings. The van der Waals surface area contributed by atoms with Gasteiger partial charge in [0.05, 0.1) is 11.3 Å². The Labute approximate surface area is 173 Å². The Bertz CT molecular complexity index is 1010. The second-order valence-electron chi connectivity index (χ2n) is 7.04. The van der Waals surface area contributed by atoms with Crippen LogP contribution in [0.25, 0.3) is 11.3 Å². The fraction of sp³-hybridized carbons (Fsp3) is 0.318. The van der Waals surface area contributed by atoms with Crippen LogP contribution in [0, 0.1) is 12.7 Å². The van der Waals surface area contributed by atoms with Gasteiger partial charge in [-0.1, -0.05) is 0 Å². The number of benzene rings is 1. The summed E-state index contributed by atoms with van der Waals surface area (Å²) in [5.74, 6) is -1.33. The van der Waals surface area contributed by atoms with Gasteiger partial charge in [-0.05, 0) is 81.4 Å². The lowest BCUT2D eigenvalue weighted by Crippen LogP contribution is -2.20. The Morgan fingerprint density at radius 2 is 1.83 bits per heavy atom. The maximum absolute atomic E-state index is 13.5. The molecular formula is C22H26FN3O4. The molecule has 2 heterocycles. The van der Waals surface area contributed by atoms with Gasteiger partial charge in [-0.3, -0.25) is 4.79 Å². The molecule has 1 aromatic carbocycles. The highest BCUT2D eigenvalue weighted by molar-refractivity contribution is 6.13. The Kier molecular flexibility index (Phi) is 6.91. The number of furan rings is 1. The van der Waals surface area contributed by atoms with Crippen molar-refractivity contribution in [2.24, 2.45) is 5.73 Å². The summed E-state index contributed by atoms with van der Waals surface area (Å²) >= 11 is 0. The van der Waals surface area contributed by atoms with Crippen LogP contribution in [-0.2, 0) is 6.54 Å². The average Bonchev–Trinajstić information content (AvgIpc) is 3.27. The third-order valence-corrected chi connectivity index (χ3v) is 4.81. The molecule has 2 aromatic heterocycles. The van der Waals surface area contributed by atoms with E-state index in [-0.39, 0.29) is 11.3 Å². The molecule has 0 aliphatic heterocycles. The summed E-state index contributed by atoms with van der Waals surface area (Å²) in [5.41, 5.74) is 6.20. The van der Waals surface area contributed by atoms with Crippen molar-refractivity contribution in [2.75, 3.05) is 19.6 Å². The number of nitrogens with zero attached hydrogens (tertiary/aromatic N) is 1. The number of hydrogen-bond acceptors (Lipinski definition) is 6. The second-order valence-corrected chi connectivity index (χ2v) is 7.04. The van der Waals surface area contributed by atoms with E-state index in [0.717, 1.165) is 13.0 Å². The van der Waals surface area contributed by atoms with Crippen molar-refractivity contribution in [1.29, 1.82) is 0 Å². The number of nitrogens with one attached hydrogen (secondary N) is 1. The number of rotatable bonds is 10. The van der Waals surface area contributed by atoms with Crippen LogP contribution in [0.4, 0.5) is 4.39 Å². The van der Waals surface area contributed by atoms with Crippen molar-refractivity contribution >= 4 is 5.78 Å². The predicted octanol–water partition coefficient (Wildman–Crippen LogP) is 3.17. The zero-order valence-electron chi connectivity index (χ0n) is 16.8. The van der Waals surface area contributed by atoms with Crippen molar-refractivity contribution in [3.63, 3.8) is 0 Å². The number of hydrogen-bond donors (Lipinski definition) is 4. The molecule has 0 aliphatic carbocycles. The number of halogens is 1. The highest BCUT2D eigenvalue weighted by Crippen LogP contribution is 2.42. The molecule has 0 bridgehead atoms. The summed E-state index contributed by atoms with van der Waals surface area (Å²) in [6.45, 7) is 4.10. The second kappa shape index (κ2) is 9.60. The third-order valence-electron chi connectivity index (χ3n) is 4.81. The first-order chi connectivity index (χ1) is 14.4. The fourth-order valence-corrected chi connectivity index (χ4v) is 3.33. The summed E-state index contributed by atoms with van der Waals surface area (Å²) < 4.78 is 20.3. The molecule has 7 nitrogen and oxygen atoms in total. The molecule has 0 unspecified atom stereocenters. The van der Waals surface area contributed by atoms with Gasteiger partial charge in [0.15, 0.2) is 11.5 Å². The molecule has 8 heteroatoms. The predicted molar refractivity (Wildman–Crippen MR) is 111 cm³/mol. The van der Waals surface area contributed by atoms with Gasteiger partial charge in [-0.15, -0.1) is 0 Å². The SMILES string of the molecule is Cc1ccc(C(=O)c2c(O)c(O)n(CCCNCCCN)c2-c2ccc(F)cc2)o1. The van der Waals surface area contributed by atoms with Crippen molar-refractivity contribution in [2.45, 2.75) is 26.3 Å². The third kappa shape index (κ3) is 4.55. The van der Waals surface area contributed by atoms with Crippen molar-refractivity contribution in [3.05, 3.63) is 59.3 Å². The van der Waals surface area contributed by atoms with Crippen LogP contribution in [0.15, 0.2) is 40.8 Å². The van der Waals surface area contributed by atoms with Gasteiger partial charge in [-0.2, -0.15) is 0 Å². The molecular weight excluding hydrogens is 389 g/mol. The normalized spacial score (nSPS) is 11.2. The first-order valence-electron chi connectivity index (χ1n) is 9.86. The van der Waals surface area contributed by atoms with E-state index in [2.05, 4.69) is 5.32 Å². The number of carbonyl (C=O) groups is 1. The molecule has 0 amide bonds. The van der Waals surface area contributed by atoms with Crippen LogP contribution < -0.4 is 11.1 Å². The number of nitrogens with two attached hydrogens (primary N) is 1. The molecule has 0 saturated carbocycles. The van der Waals surface area contributed by atoms with Gasteiger partial charge in [0.2, 0.25) is 11.7 Å². The monoisotopic (exact) mass is 415 g/mol. The molecule has 0 aliphatic rings. The number of aryl methyl sites for hydroxylation is 1. The van der Waals surface area contributed by atoms with E-state index in [1.54, 1.807) is 13.0 Å². The summed E-state index contributed by atoms with van der Waals surface area (Å²) in [5, 5.41) is 24.4. The largest absolute Gasteiger partial charge is 0.503 e. The number of carbonyl (C=O) groups excluding carboxylic acids is 1. The fourth-order valence-electron chi connectivity index (χ4n) is 3.33. The minimum Gasteiger partial charge on any atom is -0.503 e. The molecule has 0 radical (unpaired) electrons. The van der Waals surface area contributed by atoms with Gasteiger partial charge in [0, 0.05) is 6.54 Å². The lowest BCUT2D eigenvalue weighted by Gasteiger charge is -2.12. The van der Waals surface area contributed by atoms with Gasteiger partial charge in [0.25, 0.3) is 0 Å². The molecule has 0 fully saturated rings. The van der Waals surface area contributed by atoms with E-state index < -0.39 is 23.2 Å². The minimum atomic E-state index is -0.560. The number of aromatic nitrogens is 1. The van der Waals surface area contributed by atoms with Gasteiger partial charge < -0.3 is 30.2 Å². The van der Waals surface area contributed by atoms with Crippen LogP contribution in [0.3, 0.4) is 0 Å². The van der Waals surface area contributed by atoms with Gasteiger partial charge >= 0.3 is 0 Å². The summed E-state index contributed by atoms with van der Waals surface area (Å²) in [7, 11) is 0. The van der Waals surface area contributed by atoms with Gasteiger partial charge in [0.1, 0.15) is 11.6 Å². The standard InChI is InChI=1S/C22H26FN3O4/c1-14-4-9-17(30-14)20(27)18-19(15-5-7-16(23)8-6-15)26(22(29)21(18)28)13-3-12-25-11-2-10-24/h4-9,25,28-29H,2-3,10-13,24H2,1H3. The number of ketones is 1. The van der Waals surface area contributed by atoms with Crippen molar-refractivity contribution in [3.8, 4) is 22.9 Å². The minimum absolute atomic E-state index is 0.0479. The first-order valence-corrected chi connectivity index (χ1v) is 9.86. The van der Waals surface area contributed by atoms with E-state index in [0.29, 0.717) is 43.1 Å². The molecule has 0 spiro atoms. The molecule has 0 atom stereocenters. The van der Waals surface area contributed by atoms with Crippen LogP contribution >= 0.6 is 0 Å². The van der Waals surface area contributed by atoms with E-state index in [9.17, 15) is 19.4 Å². The van der Waals surface area contributed by atoms with Crippen molar-refractivity contribution in [1.82, 2.24) is 9.88 Å². The lowest BCUT2D eigenvalue weighted by atomic mass is 10.0. The van der Waals surface area contributed by atoms with Gasteiger partial charge in [-0.25, -0.2) is 4.39 Å². The summed E-state index contributed by atoms with van der Waals surface area (Å²) in [6.07, 6.45) is 1.49. The first kappa shape index (κ1) is 21.6. The molecule has 30 heavy (non-hydrogen) atoms. The zero-order valence-corrected chi connectivity index (χ0v) is 16.8. The Hall–Kier alpha value is -3.10. The van der Waals surface area contributed by atoms with E-state index in [4.69, 9.17) is 10.2 Å². The summed E-state index contributed by atoms with van der Waals surface area (Å²) in [4.78, 5) is 13.1. The van der Waals surface area contributed by atoms with Crippen LogP contribution in [0.1, 0.15) is 34.7 Å². The smallest absolute Gasteiger partial charge is 0.235 e. The van der Waals surface area contributed by atoms with Crippen molar-refractivity contribution < 1.29 is 23.8 Å². The molecule has 3 rings (SSSR count). The maximum atomic E-state index is 13.5. The van der Waals surface area contributed by atoms with E-state index in [1.807, 2.05) is 0 Å². The molecule has 5 N–H and O–H groups in total. The highest BCUT2D eigenvalue weighted by atomic mass is 19.1. The van der Waals surface area contributed by atoms with E-state index in [1.165, 1.54) is 34.9 Å². The van der Waals surface area contributed by atoms with Crippen LogP contribution in [0.5, 0.6) is 11.6 Å². The Morgan fingerprint density at radius 3 is 2.47 bits per heavy atom. The van der Waals surface area contributed by atoms with Crippen LogP contribution in [-0.4, -0.2) is 40.2 Å². The highest BCUT2D eigenvalue weighted by Gasteiger charge is 2.30. The lowest BCUT2D eigenvalue weighted by molar-refractivity contribution is 0.101. The quantitative estimate of drug-likeness (QED) is 0.299. The van der Waals surface area contributed by atoms with E-state index >= 15 is 0 Å². The molecule has 0 saturated heterocycles. The van der Waals surface area contributed by atoms with Crippen LogP contribution in [0.2, 0.25) is 0 Å². The Balaban J connectivity index is 1.99. The molecule has 160 valence electrons.